The summed E-state index contributed by atoms with van der Waals surface area (Å²) in [5, 5.41) is 11.6. The minimum absolute atomic E-state index is 0.0576. The van der Waals surface area contributed by atoms with Crippen LogP contribution in [0.15, 0.2) is 16.5 Å². The molecule has 1 aromatic heterocycles. The molecule has 1 aliphatic carbocycles. The maximum absolute atomic E-state index is 12.6. The molecular formula is C16H20N2O5S. The van der Waals surface area contributed by atoms with Gasteiger partial charge in [-0.2, -0.15) is 0 Å². The van der Waals surface area contributed by atoms with Gasteiger partial charge in [0.05, 0.1) is 12.4 Å². The van der Waals surface area contributed by atoms with Gasteiger partial charge in [0.15, 0.2) is 0 Å². The lowest BCUT2D eigenvalue weighted by atomic mass is 10.1. The quantitative estimate of drug-likeness (QED) is 0.836. The van der Waals surface area contributed by atoms with E-state index in [0.717, 1.165) is 25.7 Å². The Hall–Kier alpha value is -1.96. The highest BCUT2D eigenvalue weighted by Crippen LogP contribution is 2.30. The molecule has 0 bridgehead atoms. The molecule has 1 aliphatic heterocycles. The van der Waals surface area contributed by atoms with Gasteiger partial charge in [0.1, 0.15) is 11.8 Å². The predicted octanol–water partition coefficient (Wildman–Crippen LogP) is 1.69. The van der Waals surface area contributed by atoms with Gasteiger partial charge in [-0.15, -0.1) is 11.8 Å². The lowest BCUT2D eigenvalue weighted by Gasteiger charge is -2.25. The molecule has 2 N–H and O–H groups in total. The molecule has 0 aromatic carbocycles. The average Bonchev–Trinajstić information content (AvgIpc) is 3.33. The van der Waals surface area contributed by atoms with Crippen molar-refractivity contribution in [2.45, 2.75) is 38.3 Å². The summed E-state index contributed by atoms with van der Waals surface area (Å²) in [6, 6.07) is 2.41. The standard InChI is InChI=1S/C16H20N2O5S/c19-14(17-7-11-5-6-13(23-11)16(21)22)12-8-24-9-18(12)15(20)10-3-1-2-4-10/h5-6,10,12H,1-4,7-9H2,(H,17,19)(H,21,22). The number of aromatic carboxylic acids is 1. The smallest absolute Gasteiger partial charge is 0.371 e. The molecule has 2 aliphatic rings. The fraction of sp³-hybridized carbons (Fsp3) is 0.562. The van der Waals surface area contributed by atoms with Crippen LogP contribution in [0.25, 0.3) is 0 Å². The van der Waals surface area contributed by atoms with Crippen molar-refractivity contribution in [3.05, 3.63) is 23.7 Å². The fourth-order valence-corrected chi connectivity index (χ4v) is 4.33. The number of carboxylic acid groups (broad SMARTS) is 1. The van der Waals surface area contributed by atoms with Crippen molar-refractivity contribution < 1.29 is 23.9 Å². The van der Waals surface area contributed by atoms with Crippen LogP contribution < -0.4 is 5.32 Å². The second-order valence-electron chi connectivity index (χ2n) is 6.09. The number of hydrogen-bond acceptors (Lipinski definition) is 5. The van der Waals surface area contributed by atoms with Crippen molar-refractivity contribution in [1.82, 2.24) is 10.2 Å². The molecule has 1 aromatic rings. The van der Waals surface area contributed by atoms with E-state index in [1.54, 1.807) is 16.7 Å². The van der Waals surface area contributed by atoms with Crippen LogP contribution in [0.2, 0.25) is 0 Å². The van der Waals surface area contributed by atoms with Crippen LogP contribution in [0.1, 0.15) is 42.0 Å². The van der Waals surface area contributed by atoms with Gasteiger partial charge in [-0.3, -0.25) is 9.59 Å². The van der Waals surface area contributed by atoms with Crippen molar-refractivity contribution in [1.29, 1.82) is 0 Å². The second kappa shape index (κ2) is 7.29. The van der Waals surface area contributed by atoms with E-state index in [4.69, 9.17) is 9.52 Å². The first-order valence-corrected chi connectivity index (χ1v) is 9.19. The largest absolute Gasteiger partial charge is 0.475 e. The molecule has 1 unspecified atom stereocenters. The van der Waals surface area contributed by atoms with Crippen molar-refractivity contribution >= 4 is 29.5 Å². The summed E-state index contributed by atoms with van der Waals surface area (Å²) in [6.07, 6.45) is 3.99. The molecule has 2 fully saturated rings. The maximum atomic E-state index is 12.6. The van der Waals surface area contributed by atoms with Gasteiger partial charge in [0.2, 0.25) is 17.6 Å². The van der Waals surface area contributed by atoms with Gasteiger partial charge < -0.3 is 19.7 Å². The van der Waals surface area contributed by atoms with E-state index in [1.807, 2.05) is 0 Å². The van der Waals surface area contributed by atoms with E-state index in [0.29, 0.717) is 17.4 Å². The van der Waals surface area contributed by atoms with Crippen LogP contribution in [0.5, 0.6) is 0 Å². The van der Waals surface area contributed by atoms with E-state index in [2.05, 4.69) is 5.32 Å². The first kappa shape index (κ1) is 16.9. The number of nitrogens with one attached hydrogen (secondary N) is 1. The van der Waals surface area contributed by atoms with E-state index in [-0.39, 0.29) is 30.0 Å². The first-order valence-electron chi connectivity index (χ1n) is 8.04. The van der Waals surface area contributed by atoms with Crippen LogP contribution in [-0.4, -0.2) is 45.5 Å². The number of nitrogens with zero attached hydrogens (tertiary/aromatic N) is 1. The monoisotopic (exact) mass is 352 g/mol. The molecule has 130 valence electrons. The lowest BCUT2D eigenvalue weighted by Crippen LogP contribution is -2.48. The Kier molecular flexibility index (Phi) is 5.13. The zero-order chi connectivity index (χ0) is 17.1. The Morgan fingerprint density at radius 1 is 1.29 bits per heavy atom. The molecule has 3 rings (SSSR count). The molecule has 1 saturated heterocycles. The Morgan fingerprint density at radius 3 is 2.71 bits per heavy atom. The number of amides is 2. The van der Waals surface area contributed by atoms with Gasteiger partial charge >= 0.3 is 5.97 Å². The number of carbonyl (C=O) groups is 3. The normalized spacial score (nSPS) is 21.2. The van der Waals surface area contributed by atoms with Crippen LogP contribution in [-0.2, 0) is 16.1 Å². The third kappa shape index (κ3) is 3.58. The molecule has 24 heavy (non-hydrogen) atoms. The lowest BCUT2D eigenvalue weighted by molar-refractivity contribution is -0.141. The highest BCUT2D eigenvalue weighted by molar-refractivity contribution is 7.99. The number of thioether (sulfide) groups is 1. The molecule has 0 radical (unpaired) electrons. The van der Waals surface area contributed by atoms with Crippen molar-refractivity contribution in [2.75, 3.05) is 11.6 Å². The Morgan fingerprint density at radius 2 is 2.04 bits per heavy atom. The SMILES string of the molecule is O=C(O)c1ccc(CNC(=O)C2CSCN2C(=O)C2CCCC2)o1. The van der Waals surface area contributed by atoms with Gasteiger partial charge in [0, 0.05) is 11.7 Å². The first-order chi connectivity index (χ1) is 11.6. The van der Waals surface area contributed by atoms with Crippen LogP contribution in [0.3, 0.4) is 0 Å². The third-order valence-corrected chi connectivity index (χ3v) is 5.49. The van der Waals surface area contributed by atoms with Crippen molar-refractivity contribution in [2.24, 2.45) is 5.92 Å². The number of furan rings is 1. The van der Waals surface area contributed by atoms with E-state index in [9.17, 15) is 14.4 Å². The average molecular weight is 352 g/mol. The molecule has 0 spiro atoms. The summed E-state index contributed by atoms with van der Waals surface area (Å²) < 4.78 is 5.11. The zero-order valence-corrected chi connectivity index (χ0v) is 14.0. The number of rotatable bonds is 5. The maximum Gasteiger partial charge on any atom is 0.371 e. The van der Waals surface area contributed by atoms with Crippen LogP contribution in [0.4, 0.5) is 0 Å². The topological polar surface area (TPSA) is 99.9 Å². The highest BCUT2D eigenvalue weighted by atomic mass is 32.2. The van der Waals surface area contributed by atoms with Gasteiger partial charge in [0.25, 0.3) is 0 Å². The summed E-state index contributed by atoms with van der Waals surface area (Å²) in [7, 11) is 0. The van der Waals surface area contributed by atoms with E-state index in [1.165, 1.54) is 12.1 Å². The number of hydrogen-bond donors (Lipinski definition) is 2. The summed E-state index contributed by atoms with van der Waals surface area (Å²) in [5.74, 6) is 0.132. The summed E-state index contributed by atoms with van der Waals surface area (Å²) in [5.41, 5.74) is 0. The minimum Gasteiger partial charge on any atom is -0.475 e. The van der Waals surface area contributed by atoms with E-state index >= 15 is 0 Å². The Bertz CT molecular complexity index is 638. The van der Waals surface area contributed by atoms with Crippen molar-refractivity contribution in [3.63, 3.8) is 0 Å². The van der Waals surface area contributed by atoms with Gasteiger partial charge in [-0.25, -0.2) is 4.79 Å². The number of carboxylic acids is 1. The van der Waals surface area contributed by atoms with Crippen LogP contribution in [0, 0.1) is 5.92 Å². The molecular weight excluding hydrogens is 332 g/mol. The number of carbonyl (C=O) groups excluding carboxylic acids is 2. The molecule has 2 heterocycles. The molecule has 2 amide bonds. The Balaban J connectivity index is 1.56. The summed E-state index contributed by atoms with van der Waals surface area (Å²) >= 11 is 1.58. The molecule has 7 nitrogen and oxygen atoms in total. The summed E-state index contributed by atoms with van der Waals surface area (Å²) in [4.78, 5) is 37.4. The van der Waals surface area contributed by atoms with Gasteiger partial charge in [-0.05, 0) is 25.0 Å². The molecule has 1 atom stereocenters. The van der Waals surface area contributed by atoms with Crippen LogP contribution >= 0.6 is 11.8 Å². The third-order valence-electron chi connectivity index (χ3n) is 4.48. The molecule has 8 heteroatoms. The second-order valence-corrected chi connectivity index (χ2v) is 7.09. The predicted molar refractivity (Wildman–Crippen MR) is 87.4 cm³/mol. The summed E-state index contributed by atoms with van der Waals surface area (Å²) in [6.45, 7) is 0.110. The van der Waals surface area contributed by atoms with Gasteiger partial charge in [-0.1, -0.05) is 12.8 Å². The Labute approximate surface area is 143 Å². The molecule has 1 saturated carbocycles. The zero-order valence-electron chi connectivity index (χ0n) is 13.2. The van der Waals surface area contributed by atoms with E-state index < -0.39 is 12.0 Å². The van der Waals surface area contributed by atoms with Crippen molar-refractivity contribution in [3.8, 4) is 0 Å². The minimum atomic E-state index is -1.15. The highest BCUT2D eigenvalue weighted by Gasteiger charge is 2.38. The fourth-order valence-electron chi connectivity index (χ4n) is 3.16.